The van der Waals surface area contributed by atoms with Gasteiger partial charge in [-0.3, -0.25) is 4.79 Å². The average Bonchev–Trinajstić information content (AvgIpc) is 3.16. The average molecular weight is 438 g/mol. The SMILES string of the molecule is CN(CCOc1ccc(Cl)cc1)C(=O)CSc1nnc(-c2ccccc2Cl)o1. The molecule has 0 bridgehead atoms. The van der Waals surface area contributed by atoms with Gasteiger partial charge in [0.25, 0.3) is 5.22 Å². The van der Waals surface area contributed by atoms with E-state index in [1.807, 2.05) is 12.1 Å². The summed E-state index contributed by atoms with van der Waals surface area (Å²) in [6.45, 7) is 0.836. The molecular weight excluding hydrogens is 421 g/mol. The number of hydrogen-bond donors (Lipinski definition) is 0. The smallest absolute Gasteiger partial charge is 0.277 e. The zero-order valence-corrected chi connectivity index (χ0v) is 17.3. The maximum atomic E-state index is 12.3. The van der Waals surface area contributed by atoms with E-state index in [1.165, 1.54) is 11.8 Å². The highest BCUT2D eigenvalue weighted by Gasteiger charge is 2.15. The molecule has 9 heteroatoms. The third-order valence-corrected chi connectivity index (χ3v) is 5.15. The molecule has 0 spiro atoms. The first-order valence-corrected chi connectivity index (χ1v) is 10.1. The van der Waals surface area contributed by atoms with E-state index in [4.69, 9.17) is 32.4 Å². The van der Waals surface area contributed by atoms with Gasteiger partial charge in [0.05, 0.1) is 22.9 Å². The third kappa shape index (κ3) is 5.64. The number of hydrogen-bond acceptors (Lipinski definition) is 6. The fourth-order valence-corrected chi connectivity index (χ4v) is 3.25. The van der Waals surface area contributed by atoms with Crippen molar-refractivity contribution in [1.82, 2.24) is 15.1 Å². The molecule has 1 heterocycles. The minimum atomic E-state index is -0.0674. The van der Waals surface area contributed by atoms with Crippen LogP contribution in [0.25, 0.3) is 11.5 Å². The van der Waals surface area contributed by atoms with Crippen molar-refractivity contribution >= 4 is 40.9 Å². The van der Waals surface area contributed by atoms with Crippen LogP contribution in [0.4, 0.5) is 0 Å². The quantitative estimate of drug-likeness (QED) is 0.476. The monoisotopic (exact) mass is 437 g/mol. The second kappa shape index (κ2) is 9.82. The van der Waals surface area contributed by atoms with Crippen molar-refractivity contribution in [3.05, 3.63) is 58.6 Å². The first-order valence-electron chi connectivity index (χ1n) is 8.36. The first-order chi connectivity index (χ1) is 13.5. The molecule has 3 rings (SSSR count). The molecule has 146 valence electrons. The van der Waals surface area contributed by atoms with Crippen molar-refractivity contribution < 1.29 is 13.9 Å². The summed E-state index contributed by atoms with van der Waals surface area (Å²) in [6.07, 6.45) is 0. The molecule has 0 unspecified atom stereocenters. The molecule has 0 saturated heterocycles. The predicted octanol–water partition coefficient (Wildman–Crippen LogP) is 4.67. The van der Waals surface area contributed by atoms with Crippen LogP contribution < -0.4 is 4.74 Å². The number of benzene rings is 2. The maximum Gasteiger partial charge on any atom is 0.277 e. The van der Waals surface area contributed by atoms with E-state index in [2.05, 4.69) is 10.2 Å². The molecule has 0 atom stereocenters. The molecule has 0 saturated carbocycles. The number of rotatable bonds is 8. The van der Waals surface area contributed by atoms with Crippen LogP contribution in [0.15, 0.2) is 58.2 Å². The molecule has 1 amide bonds. The van der Waals surface area contributed by atoms with Gasteiger partial charge in [0.2, 0.25) is 11.8 Å². The summed E-state index contributed by atoms with van der Waals surface area (Å²) < 4.78 is 11.2. The molecule has 0 fully saturated rings. The van der Waals surface area contributed by atoms with E-state index in [9.17, 15) is 4.79 Å². The summed E-state index contributed by atoms with van der Waals surface area (Å²) in [7, 11) is 1.72. The van der Waals surface area contributed by atoms with Gasteiger partial charge in [-0.25, -0.2) is 0 Å². The normalized spacial score (nSPS) is 10.7. The van der Waals surface area contributed by atoms with Crippen LogP contribution in [0, 0.1) is 0 Å². The molecule has 0 aliphatic carbocycles. The van der Waals surface area contributed by atoms with Crippen LogP contribution >= 0.6 is 35.0 Å². The number of thioether (sulfide) groups is 1. The number of ether oxygens (including phenoxy) is 1. The Morgan fingerprint density at radius 2 is 1.89 bits per heavy atom. The van der Waals surface area contributed by atoms with E-state index in [0.29, 0.717) is 45.6 Å². The van der Waals surface area contributed by atoms with E-state index >= 15 is 0 Å². The number of halogens is 2. The lowest BCUT2D eigenvalue weighted by Crippen LogP contribution is -2.32. The Hall–Kier alpha value is -2.22. The molecule has 0 radical (unpaired) electrons. The van der Waals surface area contributed by atoms with Crippen molar-refractivity contribution in [2.24, 2.45) is 0 Å². The van der Waals surface area contributed by atoms with Crippen LogP contribution in [0.5, 0.6) is 5.75 Å². The van der Waals surface area contributed by atoms with E-state index in [-0.39, 0.29) is 11.7 Å². The minimum absolute atomic E-state index is 0.0674. The van der Waals surface area contributed by atoms with Crippen molar-refractivity contribution in [2.45, 2.75) is 5.22 Å². The van der Waals surface area contributed by atoms with Gasteiger partial charge in [0, 0.05) is 12.1 Å². The topological polar surface area (TPSA) is 68.5 Å². The highest BCUT2D eigenvalue weighted by atomic mass is 35.5. The van der Waals surface area contributed by atoms with Crippen LogP contribution in [0.1, 0.15) is 0 Å². The van der Waals surface area contributed by atoms with E-state index < -0.39 is 0 Å². The summed E-state index contributed by atoms with van der Waals surface area (Å²) in [5, 5.41) is 9.43. The second-order valence-corrected chi connectivity index (χ2v) is 7.53. The van der Waals surface area contributed by atoms with Gasteiger partial charge >= 0.3 is 0 Å². The van der Waals surface area contributed by atoms with Crippen molar-refractivity contribution in [2.75, 3.05) is 26.0 Å². The van der Waals surface area contributed by atoms with Gasteiger partial charge in [-0.05, 0) is 36.4 Å². The third-order valence-electron chi connectivity index (χ3n) is 3.76. The molecule has 6 nitrogen and oxygen atoms in total. The number of carbonyl (C=O) groups is 1. The molecule has 28 heavy (non-hydrogen) atoms. The molecule has 0 N–H and O–H groups in total. The van der Waals surface area contributed by atoms with Gasteiger partial charge in [-0.1, -0.05) is 47.1 Å². The fraction of sp³-hybridized carbons (Fsp3) is 0.211. The Morgan fingerprint density at radius 3 is 2.64 bits per heavy atom. The summed E-state index contributed by atoms with van der Waals surface area (Å²) in [5.74, 6) is 1.15. The van der Waals surface area contributed by atoms with Crippen LogP contribution in [0.3, 0.4) is 0 Å². The van der Waals surface area contributed by atoms with Crippen molar-refractivity contribution in [1.29, 1.82) is 0 Å². The van der Waals surface area contributed by atoms with Gasteiger partial charge in [0.1, 0.15) is 12.4 Å². The van der Waals surface area contributed by atoms with Crippen LogP contribution in [0.2, 0.25) is 10.0 Å². The number of aromatic nitrogens is 2. The minimum Gasteiger partial charge on any atom is -0.492 e. The fourth-order valence-electron chi connectivity index (χ4n) is 2.20. The standard InChI is InChI=1S/C19H17Cl2N3O3S/c1-24(10-11-26-14-8-6-13(20)7-9-14)17(25)12-28-19-23-22-18(27-19)15-4-2-3-5-16(15)21/h2-9H,10-12H2,1H3. The van der Waals surface area contributed by atoms with E-state index in [1.54, 1.807) is 48.3 Å². The lowest BCUT2D eigenvalue weighted by atomic mass is 10.2. The number of nitrogens with zero attached hydrogens (tertiary/aromatic N) is 3. The lowest BCUT2D eigenvalue weighted by molar-refractivity contribution is -0.127. The van der Waals surface area contributed by atoms with Gasteiger partial charge in [-0.2, -0.15) is 0 Å². The highest BCUT2D eigenvalue weighted by molar-refractivity contribution is 7.99. The second-order valence-electron chi connectivity index (χ2n) is 5.76. The lowest BCUT2D eigenvalue weighted by Gasteiger charge is -2.16. The Bertz CT molecular complexity index is 934. The first kappa shape index (κ1) is 20.5. The molecule has 0 aliphatic heterocycles. The molecule has 1 aromatic heterocycles. The Morgan fingerprint density at radius 1 is 1.14 bits per heavy atom. The zero-order chi connectivity index (χ0) is 19.9. The molecule has 0 aliphatic rings. The largest absolute Gasteiger partial charge is 0.492 e. The van der Waals surface area contributed by atoms with Gasteiger partial charge in [0.15, 0.2) is 0 Å². The van der Waals surface area contributed by atoms with Crippen LogP contribution in [-0.4, -0.2) is 47.0 Å². The predicted molar refractivity (Wildman–Crippen MR) is 110 cm³/mol. The summed E-state index contributed by atoms with van der Waals surface area (Å²) in [5.41, 5.74) is 0.659. The highest BCUT2D eigenvalue weighted by Crippen LogP contribution is 2.28. The Labute approximate surface area is 176 Å². The van der Waals surface area contributed by atoms with Crippen LogP contribution in [-0.2, 0) is 4.79 Å². The number of amides is 1. The number of carbonyl (C=O) groups excluding carboxylic acids is 1. The summed E-state index contributed by atoms with van der Waals surface area (Å²) >= 11 is 13.1. The molecule has 2 aromatic carbocycles. The Kier molecular flexibility index (Phi) is 7.19. The van der Waals surface area contributed by atoms with E-state index in [0.717, 1.165) is 0 Å². The number of likely N-dealkylation sites (N-methyl/N-ethyl adjacent to an activating group) is 1. The van der Waals surface area contributed by atoms with Crippen molar-refractivity contribution in [3.63, 3.8) is 0 Å². The molecule has 3 aromatic rings. The van der Waals surface area contributed by atoms with Crippen molar-refractivity contribution in [3.8, 4) is 17.2 Å². The zero-order valence-electron chi connectivity index (χ0n) is 15.0. The van der Waals surface area contributed by atoms with Gasteiger partial charge in [-0.15, -0.1) is 10.2 Å². The summed E-state index contributed by atoms with van der Waals surface area (Å²) in [6, 6.07) is 14.3. The summed E-state index contributed by atoms with van der Waals surface area (Å²) in [4.78, 5) is 13.8. The van der Waals surface area contributed by atoms with Gasteiger partial charge < -0.3 is 14.1 Å². The Balaban J connectivity index is 1.44. The molecular formula is C19H17Cl2N3O3S. The maximum absolute atomic E-state index is 12.3.